The molecule has 0 aliphatic heterocycles. The number of carbonyl (C=O) groups is 1. The summed E-state index contributed by atoms with van der Waals surface area (Å²) >= 11 is 0. The Labute approximate surface area is 74.0 Å². The average Bonchev–Trinajstić information content (AvgIpc) is 2.55. The second kappa shape index (κ2) is 2.85. The van der Waals surface area contributed by atoms with Crippen LogP contribution in [-0.4, -0.2) is 28.0 Å². The molecule has 0 N–H and O–H groups in total. The molecule has 2 rings (SSSR count). The quantitative estimate of drug-likeness (QED) is 0.628. The average molecular weight is 177 g/mol. The third-order valence-corrected chi connectivity index (χ3v) is 1.68. The van der Waals surface area contributed by atoms with Crippen molar-refractivity contribution >= 4 is 11.9 Å². The molecule has 2 aromatic heterocycles. The van der Waals surface area contributed by atoms with Crippen molar-refractivity contribution in [1.82, 2.24) is 14.6 Å². The largest absolute Gasteiger partial charge is 0.479 e. The van der Waals surface area contributed by atoms with Crippen molar-refractivity contribution in [3.63, 3.8) is 0 Å². The van der Waals surface area contributed by atoms with Gasteiger partial charge in [0.1, 0.15) is 0 Å². The fourth-order valence-corrected chi connectivity index (χ4v) is 1.15. The van der Waals surface area contributed by atoms with Crippen LogP contribution in [-0.2, 0) is 0 Å². The van der Waals surface area contributed by atoms with Gasteiger partial charge in [-0.15, -0.1) is 0 Å². The van der Waals surface area contributed by atoms with E-state index in [4.69, 9.17) is 4.74 Å². The van der Waals surface area contributed by atoms with Crippen LogP contribution < -0.4 is 4.74 Å². The Balaban J connectivity index is 2.81. The number of imidazole rings is 1. The van der Waals surface area contributed by atoms with Gasteiger partial charge >= 0.3 is 0 Å². The van der Waals surface area contributed by atoms with Crippen LogP contribution in [0.3, 0.4) is 0 Å². The van der Waals surface area contributed by atoms with Crippen molar-refractivity contribution in [2.45, 2.75) is 0 Å². The molecule has 0 atom stereocenters. The van der Waals surface area contributed by atoms with Crippen LogP contribution in [0.1, 0.15) is 10.5 Å². The predicted octanol–water partition coefficient (Wildman–Crippen LogP) is 0.550. The Bertz CT molecular complexity index is 450. The molecule has 0 spiro atoms. The molecule has 5 nitrogen and oxygen atoms in total. The molecule has 0 bridgehead atoms. The molecule has 0 saturated carbocycles. The van der Waals surface area contributed by atoms with E-state index in [1.807, 2.05) is 0 Å². The summed E-state index contributed by atoms with van der Waals surface area (Å²) in [5.41, 5.74) is 0.864. The monoisotopic (exact) mass is 177 g/mol. The van der Waals surface area contributed by atoms with Crippen LogP contribution in [0.15, 0.2) is 18.3 Å². The summed E-state index contributed by atoms with van der Waals surface area (Å²) in [4.78, 5) is 14.6. The zero-order valence-electron chi connectivity index (χ0n) is 6.97. The summed E-state index contributed by atoms with van der Waals surface area (Å²) in [5, 5.41) is 3.99. The van der Waals surface area contributed by atoms with Crippen LogP contribution in [0.2, 0.25) is 0 Å². The molecule has 2 heterocycles. The third-order valence-electron chi connectivity index (χ3n) is 1.68. The Morgan fingerprint density at radius 3 is 3.15 bits per heavy atom. The normalized spacial score (nSPS) is 10.2. The summed E-state index contributed by atoms with van der Waals surface area (Å²) in [6.45, 7) is 0. The lowest BCUT2D eigenvalue weighted by Gasteiger charge is -1.96. The maximum atomic E-state index is 10.6. The topological polar surface area (TPSA) is 56.5 Å². The molecular weight excluding hydrogens is 170 g/mol. The van der Waals surface area contributed by atoms with Gasteiger partial charge in [-0.3, -0.25) is 4.79 Å². The number of carbonyl (C=O) groups excluding carboxylic acids is 1. The highest BCUT2D eigenvalue weighted by molar-refractivity contribution is 5.77. The van der Waals surface area contributed by atoms with Crippen molar-refractivity contribution in [3.05, 3.63) is 24.0 Å². The molecule has 0 aromatic carbocycles. The van der Waals surface area contributed by atoms with Crippen LogP contribution in [0.25, 0.3) is 5.65 Å². The lowest BCUT2D eigenvalue weighted by molar-refractivity contribution is 0.111. The first-order chi connectivity index (χ1) is 6.36. The molecule has 0 unspecified atom stereocenters. The molecule has 5 heteroatoms. The highest BCUT2D eigenvalue weighted by atomic mass is 16.5. The zero-order valence-corrected chi connectivity index (χ0v) is 6.97. The van der Waals surface area contributed by atoms with E-state index < -0.39 is 0 Å². The van der Waals surface area contributed by atoms with Gasteiger partial charge in [-0.1, -0.05) is 0 Å². The highest BCUT2D eigenvalue weighted by Crippen LogP contribution is 2.16. The van der Waals surface area contributed by atoms with Crippen LogP contribution in [0.4, 0.5) is 0 Å². The minimum atomic E-state index is 0.265. The molecule has 66 valence electrons. The van der Waals surface area contributed by atoms with E-state index in [0.29, 0.717) is 17.8 Å². The smallest absolute Gasteiger partial charge is 0.246 e. The minimum absolute atomic E-state index is 0.265. The van der Waals surface area contributed by atoms with Gasteiger partial charge < -0.3 is 4.74 Å². The van der Waals surface area contributed by atoms with Crippen LogP contribution in [0, 0.1) is 0 Å². The number of aldehydes is 1. The van der Waals surface area contributed by atoms with E-state index >= 15 is 0 Å². The lowest BCUT2D eigenvalue weighted by atomic mass is 10.5. The first-order valence-corrected chi connectivity index (χ1v) is 3.69. The molecule has 0 fully saturated rings. The Hall–Kier alpha value is -1.91. The number of ether oxygens (including phenoxy) is 1. The van der Waals surface area contributed by atoms with Crippen molar-refractivity contribution in [2.75, 3.05) is 7.11 Å². The summed E-state index contributed by atoms with van der Waals surface area (Å²) < 4.78 is 6.47. The van der Waals surface area contributed by atoms with Crippen molar-refractivity contribution < 1.29 is 9.53 Å². The van der Waals surface area contributed by atoms with Gasteiger partial charge in [-0.2, -0.15) is 9.61 Å². The second-order valence-corrected chi connectivity index (χ2v) is 2.42. The Kier molecular flexibility index (Phi) is 1.70. The summed E-state index contributed by atoms with van der Waals surface area (Å²) in [6, 6.07) is 3.50. The third kappa shape index (κ3) is 1.05. The van der Waals surface area contributed by atoms with E-state index in [1.165, 1.54) is 11.6 Å². The van der Waals surface area contributed by atoms with Crippen molar-refractivity contribution in [2.24, 2.45) is 0 Å². The van der Waals surface area contributed by atoms with Gasteiger partial charge in [-0.05, 0) is 12.1 Å². The number of aromatic nitrogens is 3. The van der Waals surface area contributed by atoms with Crippen molar-refractivity contribution in [1.29, 1.82) is 0 Å². The van der Waals surface area contributed by atoms with Crippen LogP contribution >= 0.6 is 0 Å². The Morgan fingerprint density at radius 2 is 2.46 bits per heavy atom. The number of nitrogens with zero attached hydrogens (tertiary/aromatic N) is 3. The maximum absolute atomic E-state index is 10.6. The number of methoxy groups -OCH3 is 1. The molecular formula is C8H7N3O2. The van der Waals surface area contributed by atoms with Gasteiger partial charge in [0.25, 0.3) is 0 Å². The van der Waals surface area contributed by atoms with Crippen LogP contribution in [0.5, 0.6) is 5.88 Å². The van der Waals surface area contributed by atoms with Gasteiger partial charge in [0, 0.05) is 6.20 Å². The molecule has 13 heavy (non-hydrogen) atoms. The fraction of sp³-hybridized carbons (Fsp3) is 0.125. The molecule has 2 aromatic rings. The predicted molar refractivity (Wildman–Crippen MR) is 44.9 cm³/mol. The highest BCUT2D eigenvalue weighted by Gasteiger charge is 2.11. The van der Waals surface area contributed by atoms with Crippen molar-refractivity contribution in [3.8, 4) is 5.88 Å². The number of hydrogen-bond donors (Lipinski definition) is 0. The summed E-state index contributed by atoms with van der Waals surface area (Å²) in [7, 11) is 1.48. The summed E-state index contributed by atoms with van der Waals surface area (Å²) in [6.07, 6.45) is 2.25. The Morgan fingerprint density at radius 1 is 1.62 bits per heavy atom. The van der Waals surface area contributed by atoms with Gasteiger partial charge in [0.15, 0.2) is 17.6 Å². The van der Waals surface area contributed by atoms with Gasteiger partial charge in [0.2, 0.25) is 5.88 Å². The lowest BCUT2D eigenvalue weighted by Crippen LogP contribution is -1.95. The maximum Gasteiger partial charge on any atom is 0.246 e. The van der Waals surface area contributed by atoms with Gasteiger partial charge in [0.05, 0.1) is 7.11 Å². The molecule has 0 aliphatic rings. The second-order valence-electron chi connectivity index (χ2n) is 2.42. The molecule has 0 radical (unpaired) electrons. The number of rotatable bonds is 2. The van der Waals surface area contributed by atoms with E-state index in [9.17, 15) is 4.79 Å². The van der Waals surface area contributed by atoms with E-state index in [0.717, 1.165) is 0 Å². The SMILES string of the molecule is COc1c(C=O)nc2cccnn12. The molecule has 0 aliphatic carbocycles. The van der Waals surface area contributed by atoms with E-state index in [1.54, 1.807) is 18.3 Å². The first-order valence-electron chi connectivity index (χ1n) is 3.69. The summed E-state index contributed by atoms with van der Waals surface area (Å²) in [5.74, 6) is 0.366. The van der Waals surface area contributed by atoms with Gasteiger partial charge in [-0.25, -0.2) is 4.98 Å². The standard InChI is InChI=1S/C8H7N3O2/c1-13-8-6(5-12)10-7-3-2-4-9-11(7)8/h2-5H,1H3. The first kappa shape index (κ1) is 7.72. The molecule has 0 amide bonds. The number of hydrogen-bond acceptors (Lipinski definition) is 4. The fourth-order valence-electron chi connectivity index (χ4n) is 1.15. The minimum Gasteiger partial charge on any atom is -0.479 e. The zero-order chi connectivity index (χ0) is 9.26. The number of fused-ring (bicyclic) bond motifs is 1. The van der Waals surface area contributed by atoms with E-state index in [-0.39, 0.29) is 5.69 Å². The molecule has 0 saturated heterocycles. The van der Waals surface area contributed by atoms with E-state index in [2.05, 4.69) is 10.1 Å².